The van der Waals surface area contributed by atoms with Crippen molar-refractivity contribution < 1.29 is 4.42 Å². The van der Waals surface area contributed by atoms with Crippen LogP contribution in [0.25, 0.3) is 92.1 Å². The molecule has 0 aliphatic heterocycles. The fourth-order valence-electron chi connectivity index (χ4n) is 8.89. The zero-order chi connectivity index (χ0) is 38.2. The molecule has 3 aromatic heterocycles. The molecule has 0 amide bonds. The maximum Gasteiger partial charge on any atom is 0.227 e. The molecule has 9 aromatic carbocycles. The molecule has 0 unspecified atom stereocenters. The molecular formula is C53H33N3OS. The third-order valence-corrected chi connectivity index (χ3v) is 12.5. The van der Waals surface area contributed by atoms with Gasteiger partial charge in [0.1, 0.15) is 5.52 Å². The van der Waals surface area contributed by atoms with Crippen molar-refractivity contribution in [3.63, 3.8) is 0 Å². The molecule has 0 fully saturated rings. The Balaban J connectivity index is 1.17. The van der Waals surface area contributed by atoms with Gasteiger partial charge in [0.05, 0.1) is 22.4 Å². The number of para-hydroxylation sites is 3. The predicted molar refractivity (Wildman–Crippen MR) is 244 cm³/mol. The summed E-state index contributed by atoms with van der Waals surface area (Å²) in [7, 11) is 0. The van der Waals surface area contributed by atoms with Gasteiger partial charge >= 0.3 is 0 Å². The molecule has 0 N–H and O–H groups in total. The number of oxazole rings is 1. The fraction of sp³-hybridized carbons (Fsp3) is 0. The molecule has 58 heavy (non-hydrogen) atoms. The van der Waals surface area contributed by atoms with Gasteiger partial charge in [0.15, 0.2) is 5.58 Å². The maximum absolute atomic E-state index is 6.57. The highest BCUT2D eigenvalue weighted by Crippen LogP contribution is 2.49. The zero-order valence-electron chi connectivity index (χ0n) is 31.2. The number of fused-ring (bicyclic) bond motifs is 9. The van der Waals surface area contributed by atoms with E-state index in [0.29, 0.717) is 5.89 Å². The van der Waals surface area contributed by atoms with Crippen molar-refractivity contribution in [2.24, 2.45) is 0 Å². The van der Waals surface area contributed by atoms with Crippen molar-refractivity contribution in [2.45, 2.75) is 0 Å². The van der Waals surface area contributed by atoms with Gasteiger partial charge in [-0.15, -0.1) is 11.3 Å². The van der Waals surface area contributed by atoms with E-state index in [0.717, 1.165) is 56.1 Å². The first-order valence-electron chi connectivity index (χ1n) is 19.5. The first kappa shape index (κ1) is 32.7. The smallest absolute Gasteiger partial charge is 0.227 e. The van der Waals surface area contributed by atoms with E-state index in [1.54, 1.807) is 0 Å². The third kappa shape index (κ3) is 5.04. The Bertz CT molecular complexity index is 3530. The van der Waals surface area contributed by atoms with Gasteiger partial charge in [-0.3, -0.25) is 0 Å². The minimum Gasteiger partial charge on any atom is -0.435 e. The van der Waals surface area contributed by atoms with Crippen LogP contribution in [0.2, 0.25) is 0 Å². The molecule has 0 radical (unpaired) electrons. The highest BCUT2D eigenvalue weighted by molar-refractivity contribution is 7.26. The molecule has 0 saturated heterocycles. The molecular weight excluding hydrogens is 727 g/mol. The third-order valence-electron chi connectivity index (χ3n) is 11.4. The number of thiophene rings is 1. The van der Waals surface area contributed by atoms with Crippen LogP contribution in [0.1, 0.15) is 0 Å². The van der Waals surface area contributed by atoms with E-state index in [1.807, 2.05) is 47.7 Å². The van der Waals surface area contributed by atoms with Gasteiger partial charge in [-0.25, -0.2) is 4.98 Å². The Morgan fingerprint density at radius 1 is 0.466 bits per heavy atom. The Hall–Kier alpha value is -7.47. The molecule has 5 heteroatoms. The van der Waals surface area contributed by atoms with E-state index >= 15 is 0 Å². The minimum absolute atomic E-state index is 0.616. The molecule has 12 rings (SSSR count). The molecule has 0 bridgehead atoms. The minimum atomic E-state index is 0.616. The highest BCUT2D eigenvalue weighted by atomic mass is 32.1. The summed E-state index contributed by atoms with van der Waals surface area (Å²) in [6.07, 6.45) is 0. The van der Waals surface area contributed by atoms with E-state index < -0.39 is 0 Å². The van der Waals surface area contributed by atoms with Gasteiger partial charge in [-0.2, -0.15) is 0 Å². The summed E-state index contributed by atoms with van der Waals surface area (Å²) in [5.41, 5.74) is 11.4. The molecule has 3 heterocycles. The van der Waals surface area contributed by atoms with Crippen LogP contribution >= 0.6 is 11.3 Å². The molecule has 0 atom stereocenters. The second-order valence-corrected chi connectivity index (χ2v) is 15.8. The van der Waals surface area contributed by atoms with Gasteiger partial charge in [-0.1, -0.05) is 127 Å². The van der Waals surface area contributed by atoms with Crippen molar-refractivity contribution >= 4 is 92.2 Å². The van der Waals surface area contributed by atoms with E-state index in [9.17, 15) is 0 Å². The average molecular weight is 760 g/mol. The van der Waals surface area contributed by atoms with E-state index in [-0.39, 0.29) is 0 Å². The SMILES string of the molecule is c1ccc(-c2nc3cccc(-c4cccc(N(c5cc6c(c7ccccc57)c5ccccc5n6-c5ccccc5)c5cccc6sc7ccccc7c56)c4)c3o2)cc1. The number of hydrogen-bond donors (Lipinski definition) is 0. The van der Waals surface area contributed by atoms with Crippen LogP contribution in [-0.2, 0) is 0 Å². The van der Waals surface area contributed by atoms with Gasteiger partial charge < -0.3 is 13.9 Å². The molecule has 0 aliphatic carbocycles. The average Bonchev–Trinajstić information content (AvgIpc) is 4.00. The number of benzene rings is 9. The lowest BCUT2D eigenvalue weighted by Gasteiger charge is -2.29. The number of nitrogens with zero attached hydrogens (tertiary/aromatic N) is 3. The van der Waals surface area contributed by atoms with Crippen molar-refractivity contribution in [1.29, 1.82) is 0 Å². The van der Waals surface area contributed by atoms with Gasteiger partial charge in [0, 0.05) is 58.8 Å². The van der Waals surface area contributed by atoms with E-state index in [2.05, 4.69) is 173 Å². The second kappa shape index (κ2) is 13.1. The molecule has 0 spiro atoms. The lowest BCUT2D eigenvalue weighted by molar-refractivity contribution is 0.621. The van der Waals surface area contributed by atoms with Gasteiger partial charge in [0.2, 0.25) is 5.89 Å². The Morgan fingerprint density at radius 3 is 2.00 bits per heavy atom. The standard InChI is InChI=1S/C53H33N3OS/c1-3-16-34(17-4-1)53-54-43-27-14-26-38(52(43)57-53)35-18-13-21-37(32-35)56(45-29-15-31-49-51(45)42-25-10-12-30-48(42)58-49)46-33-47-50(40-23-8-7-22-39(40)46)41-24-9-11-28-44(41)55(47)36-19-5-2-6-20-36/h1-33H. The maximum atomic E-state index is 6.57. The Morgan fingerprint density at radius 2 is 1.14 bits per heavy atom. The Kier molecular flexibility index (Phi) is 7.37. The van der Waals surface area contributed by atoms with Crippen LogP contribution in [0.15, 0.2) is 205 Å². The van der Waals surface area contributed by atoms with Crippen LogP contribution < -0.4 is 4.90 Å². The van der Waals surface area contributed by atoms with Crippen LogP contribution in [-0.4, -0.2) is 9.55 Å². The lowest BCUT2D eigenvalue weighted by atomic mass is 9.99. The Labute approximate surface area is 338 Å². The number of aromatic nitrogens is 2. The normalized spacial score (nSPS) is 11.8. The van der Waals surface area contributed by atoms with Gasteiger partial charge in [0.25, 0.3) is 0 Å². The van der Waals surface area contributed by atoms with E-state index in [1.165, 1.54) is 47.2 Å². The van der Waals surface area contributed by atoms with Crippen molar-refractivity contribution in [3.05, 3.63) is 200 Å². The van der Waals surface area contributed by atoms with Gasteiger partial charge in [-0.05, 0) is 83.7 Å². The quantitative estimate of drug-likeness (QED) is 0.169. The first-order chi connectivity index (χ1) is 28.8. The summed E-state index contributed by atoms with van der Waals surface area (Å²) in [6, 6.07) is 71.6. The molecule has 4 nitrogen and oxygen atoms in total. The van der Waals surface area contributed by atoms with Crippen molar-refractivity contribution in [3.8, 4) is 28.3 Å². The summed E-state index contributed by atoms with van der Waals surface area (Å²) < 4.78 is 11.5. The van der Waals surface area contributed by atoms with E-state index in [4.69, 9.17) is 9.40 Å². The highest BCUT2D eigenvalue weighted by Gasteiger charge is 2.24. The summed E-state index contributed by atoms with van der Waals surface area (Å²) >= 11 is 1.84. The van der Waals surface area contributed by atoms with Crippen LogP contribution in [0, 0.1) is 0 Å². The topological polar surface area (TPSA) is 34.2 Å². The van der Waals surface area contributed by atoms with Crippen molar-refractivity contribution in [1.82, 2.24) is 9.55 Å². The molecule has 0 saturated carbocycles. The molecule has 272 valence electrons. The monoisotopic (exact) mass is 759 g/mol. The number of rotatable bonds is 6. The summed E-state index contributed by atoms with van der Waals surface area (Å²) in [4.78, 5) is 7.40. The second-order valence-electron chi connectivity index (χ2n) is 14.7. The molecule has 0 aliphatic rings. The number of hydrogen-bond acceptors (Lipinski definition) is 4. The lowest BCUT2D eigenvalue weighted by Crippen LogP contribution is -2.11. The number of anilines is 3. The van der Waals surface area contributed by atoms with Crippen molar-refractivity contribution in [2.75, 3.05) is 4.90 Å². The zero-order valence-corrected chi connectivity index (χ0v) is 32.0. The van der Waals surface area contributed by atoms with Crippen LogP contribution in [0.5, 0.6) is 0 Å². The summed E-state index contributed by atoms with van der Waals surface area (Å²) in [6.45, 7) is 0. The predicted octanol–water partition coefficient (Wildman–Crippen LogP) is 15.2. The fourth-order valence-corrected chi connectivity index (χ4v) is 10.0. The summed E-state index contributed by atoms with van der Waals surface area (Å²) in [5, 5.41) is 7.37. The van der Waals surface area contributed by atoms with Crippen LogP contribution in [0.3, 0.4) is 0 Å². The largest absolute Gasteiger partial charge is 0.435 e. The van der Waals surface area contributed by atoms with Crippen LogP contribution in [0.4, 0.5) is 17.1 Å². The molecule has 12 aromatic rings. The first-order valence-corrected chi connectivity index (χ1v) is 20.4. The summed E-state index contributed by atoms with van der Waals surface area (Å²) in [5.74, 6) is 0.616.